The molecule has 1 saturated heterocycles. The van der Waals surface area contributed by atoms with Gasteiger partial charge in [-0.25, -0.2) is 4.98 Å². The van der Waals surface area contributed by atoms with Crippen molar-refractivity contribution in [2.75, 3.05) is 18.4 Å². The standard InChI is InChI=1S/C25H28N6O2/c1-29-23-22(15-27-29)24(32)31(18-26-23)17-25(33)11-13-30(14-12-25)16-19-7-9-21(10-8-19)28-20-5-3-2-4-6-20/h2-10,15,18,28,33H,11-14,16-17H2,1H3. The number of hydrogen-bond donors (Lipinski definition) is 2. The molecule has 2 N–H and O–H groups in total. The Labute approximate surface area is 192 Å². The van der Waals surface area contributed by atoms with Crippen LogP contribution in [0.15, 0.2) is 71.9 Å². The van der Waals surface area contributed by atoms with E-state index >= 15 is 0 Å². The quantitative estimate of drug-likeness (QED) is 0.476. The second-order valence-electron chi connectivity index (χ2n) is 8.87. The van der Waals surface area contributed by atoms with Gasteiger partial charge in [0.15, 0.2) is 5.65 Å². The van der Waals surface area contributed by atoms with Gasteiger partial charge in [-0.1, -0.05) is 30.3 Å². The van der Waals surface area contributed by atoms with Gasteiger partial charge in [0, 0.05) is 38.1 Å². The van der Waals surface area contributed by atoms with Crippen molar-refractivity contribution >= 4 is 22.4 Å². The molecule has 0 unspecified atom stereocenters. The molecule has 1 aliphatic heterocycles. The van der Waals surface area contributed by atoms with Crippen molar-refractivity contribution in [3.05, 3.63) is 83.0 Å². The summed E-state index contributed by atoms with van der Waals surface area (Å²) in [4.78, 5) is 19.4. The van der Waals surface area contributed by atoms with Crippen molar-refractivity contribution in [3.63, 3.8) is 0 Å². The molecule has 8 nitrogen and oxygen atoms in total. The Morgan fingerprint density at radius 2 is 1.73 bits per heavy atom. The normalized spacial score (nSPS) is 16.2. The molecule has 0 bridgehead atoms. The van der Waals surface area contributed by atoms with E-state index in [0.29, 0.717) is 23.9 Å². The van der Waals surface area contributed by atoms with Gasteiger partial charge >= 0.3 is 0 Å². The minimum atomic E-state index is -0.915. The minimum absolute atomic E-state index is 0.159. The van der Waals surface area contributed by atoms with E-state index in [9.17, 15) is 9.90 Å². The Morgan fingerprint density at radius 3 is 2.45 bits per heavy atom. The first kappa shape index (κ1) is 21.4. The van der Waals surface area contributed by atoms with Gasteiger partial charge in [-0.2, -0.15) is 5.10 Å². The SMILES string of the molecule is Cn1ncc2c(=O)n(CC3(O)CCN(Cc4ccc(Nc5ccccc5)cc4)CC3)cnc21. The fourth-order valence-electron chi connectivity index (χ4n) is 4.42. The first-order valence-electron chi connectivity index (χ1n) is 11.2. The summed E-state index contributed by atoms with van der Waals surface area (Å²) >= 11 is 0. The molecular formula is C25H28N6O2. The molecular weight excluding hydrogens is 416 g/mol. The zero-order valence-corrected chi connectivity index (χ0v) is 18.7. The average molecular weight is 445 g/mol. The summed E-state index contributed by atoms with van der Waals surface area (Å²) in [6.07, 6.45) is 4.27. The van der Waals surface area contributed by atoms with E-state index in [1.165, 1.54) is 22.7 Å². The van der Waals surface area contributed by atoms with Crippen LogP contribution in [0.4, 0.5) is 11.4 Å². The van der Waals surface area contributed by atoms with Gasteiger partial charge in [0.2, 0.25) is 0 Å². The smallest absolute Gasteiger partial charge is 0.264 e. The number of anilines is 2. The highest BCUT2D eigenvalue weighted by Crippen LogP contribution is 2.25. The van der Waals surface area contributed by atoms with Crippen LogP contribution in [0.25, 0.3) is 11.0 Å². The lowest BCUT2D eigenvalue weighted by Gasteiger charge is -2.38. The number of piperidine rings is 1. The highest BCUT2D eigenvalue weighted by Gasteiger charge is 2.33. The zero-order chi connectivity index (χ0) is 22.8. The van der Waals surface area contributed by atoms with E-state index in [-0.39, 0.29) is 12.1 Å². The number of aliphatic hydroxyl groups is 1. The minimum Gasteiger partial charge on any atom is -0.388 e. The van der Waals surface area contributed by atoms with Gasteiger partial charge in [-0.05, 0) is 42.7 Å². The van der Waals surface area contributed by atoms with Crippen LogP contribution in [0.3, 0.4) is 0 Å². The summed E-state index contributed by atoms with van der Waals surface area (Å²) in [6.45, 7) is 2.64. The van der Waals surface area contributed by atoms with Crippen molar-refractivity contribution in [3.8, 4) is 0 Å². The van der Waals surface area contributed by atoms with Crippen LogP contribution >= 0.6 is 0 Å². The molecule has 170 valence electrons. The Balaban J connectivity index is 1.18. The highest BCUT2D eigenvalue weighted by molar-refractivity contribution is 5.72. The largest absolute Gasteiger partial charge is 0.388 e. The van der Waals surface area contributed by atoms with Crippen molar-refractivity contribution in [1.82, 2.24) is 24.2 Å². The molecule has 3 heterocycles. The molecule has 33 heavy (non-hydrogen) atoms. The lowest BCUT2D eigenvalue weighted by molar-refractivity contribution is -0.0364. The van der Waals surface area contributed by atoms with E-state index in [0.717, 1.165) is 31.0 Å². The van der Waals surface area contributed by atoms with E-state index in [1.54, 1.807) is 11.7 Å². The lowest BCUT2D eigenvalue weighted by atomic mass is 9.91. The Bertz CT molecular complexity index is 1290. The summed E-state index contributed by atoms with van der Waals surface area (Å²) in [5.41, 5.74) is 2.85. The fraction of sp³-hybridized carbons (Fsp3) is 0.320. The Morgan fingerprint density at radius 1 is 1.03 bits per heavy atom. The Hall–Kier alpha value is -3.49. The van der Waals surface area contributed by atoms with E-state index < -0.39 is 5.60 Å². The van der Waals surface area contributed by atoms with Crippen LogP contribution in [0.5, 0.6) is 0 Å². The van der Waals surface area contributed by atoms with E-state index in [1.807, 2.05) is 30.3 Å². The summed E-state index contributed by atoms with van der Waals surface area (Å²) in [6, 6.07) is 18.6. The maximum atomic E-state index is 12.7. The number of nitrogens with zero attached hydrogens (tertiary/aromatic N) is 5. The molecule has 1 aliphatic rings. The second-order valence-corrected chi connectivity index (χ2v) is 8.87. The maximum absolute atomic E-state index is 12.7. The maximum Gasteiger partial charge on any atom is 0.264 e. The third kappa shape index (κ3) is 4.67. The van der Waals surface area contributed by atoms with Gasteiger partial charge in [-0.15, -0.1) is 0 Å². The summed E-state index contributed by atoms with van der Waals surface area (Å²) in [7, 11) is 1.76. The first-order valence-corrected chi connectivity index (χ1v) is 11.2. The first-order chi connectivity index (χ1) is 16.0. The van der Waals surface area contributed by atoms with E-state index in [2.05, 4.69) is 44.6 Å². The number of para-hydroxylation sites is 1. The summed E-state index contributed by atoms with van der Waals surface area (Å²) in [5, 5.41) is 19.1. The number of likely N-dealkylation sites (tertiary alicyclic amines) is 1. The molecule has 0 atom stereocenters. The lowest BCUT2D eigenvalue weighted by Crippen LogP contribution is -2.47. The molecule has 5 rings (SSSR count). The van der Waals surface area contributed by atoms with Crippen LogP contribution in [0, 0.1) is 0 Å². The molecule has 2 aromatic carbocycles. The number of aromatic nitrogens is 4. The van der Waals surface area contributed by atoms with E-state index in [4.69, 9.17) is 0 Å². The van der Waals surface area contributed by atoms with Gasteiger partial charge in [0.25, 0.3) is 5.56 Å². The molecule has 1 fully saturated rings. The predicted molar refractivity (Wildman–Crippen MR) is 128 cm³/mol. The molecule has 0 saturated carbocycles. The van der Waals surface area contributed by atoms with Gasteiger partial charge in [0.05, 0.1) is 18.3 Å². The molecule has 0 aliphatic carbocycles. The second kappa shape index (κ2) is 8.80. The zero-order valence-electron chi connectivity index (χ0n) is 18.7. The van der Waals surface area contributed by atoms with Gasteiger partial charge in [-0.3, -0.25) is 18.9 Å². The monoisotopic (exact) mass is 444 g/mol. The molecule has 0 radical (unpaired) electrons. The van der Waals surface area contributed by atoms with Crippen LogP contribution in [-0.4, -0.2) is 48.0 Å². The molecule has 0 amide bonds. The highest BCUT2D eigenvalue weighted by atomic mass is 16.3. The summed E-state index contributed by atoms with van der Waals surface area (Å²) in [5.74, 6) is 0. The van der Waals surface area contributed by atoms with Crippen LogP contribution in [-0.2, 0) is 20.1 Å². The summed E-state index contributed by atoms with van der Waals surface area (Å²) < 4.78 is 3.09. The third-order valence-corrected chi connectivity index (χ3v) is 6.39. The molecule has 0 spiro atoms. The molecule has 4 aromatic rings. The predicted octanol–water partition coefficient (Wildman–Crippen LogP) is 2.90. The van der Waals surface area contributed by atoms with Crippen molar-refractivity contribution < 1.29 is 5.11 Å². The average Bonchev–Trinajstić information content (AvgIpc) is 3.21. The van der Waals surface area contributed by atoms with Crippen molar-refractivity contribution in [2.24, 2.45) is 7.05 Å². The number of hydrogen-bond acceptors (Lipinski definition) is 6. The number of rotatable bonds is 6. The van der Waals surface area contributed by atoms with Crippen LogP contribution in [0.1, 0.15) is 18.4 Å². The number of fused-ring (bicyclic) bond motifs is 1. The van der Waals surface area contributed by atoms with Crippen molar-refractivity contribution in [1.29, 1.82) is 0 Å². The topological polar surface area (TPSA) is 88.2 Å². The number of benzene rings is 2. The molecule has 8 heteroatoms. The van der Waals surface area contributed by atoms with Crippen LogP contribution in [0.2, 0.25) is 0 Å². The van der Waals surface area contributed by atoms with Gasteiger partial charge in [0.1, 0.15) is 11.7 Å². The van der Waals surface area contributed by atoms with Crippen molar-refractivity contribution in [2.45, 2.75) is 31.5 Å². The number of aryl methyl sites for hydroxylation is 1. The number of nitrogens with one attached hydrogen (secondary N) is 1. The molecule has 2 aromatic heterocycles. The van der Waals surface area contributed by atoms with Gasteiger partial charge < -0.3 is 10.4 Å². The third-order valence-electron chi connectivity index (χ3n) is 6.39. The Kier molecular flexibility index (Phi) is 5.70. The van der Waals surface area contributed by atoms with Crippen LogP contribution < -0.4 is 10.9 Å². The fourth-order valence-corrected chi connectivity index (χ4v) is 4.42.